The van der Waals surface area contributed by atoms with Crippen LogP contribution in [0.15, 0.2) is 30.3 Å². The van der Waals surface area contributed by atoms with Gasteiger partial charge in [0.1, 0.15) is 0 Å². The van der Waals surface area contributed by atoms with Crippen LogP contribution in [0.4, 0.5) is 14.5 Å². The Balaban J connectivity index is 2.43. The minimum absolute atomic E-state index is 0.0395. The van der Waals surface area contributed by atoms with Crippen molar-refractivity contribution in [2.45, 2.75) is 31.7 Å². The maximum atomic E-state index is 12.6. The van der Waals surface area contributed by atoms with E-state index in [0.717, 1.165) is 6.92 Å². The number of halogens is 2. The summed E-state index contributed by atoms with van der Waals surface area (Å²) in [5.41, 5.74) is 6.13. The van der Waals surface area contributed by atoms with Gasteiger partial charge in [-0.3, -0.25) is 4.79 Å². The molecule has 3 nitrogen and oxygen atoms in total. The third kappa shape index (κ3) is 5.40. The molecule has 3 N–H and O–H groups in total. The van der Waals surface area contributed by atoms with Crippen molar-refractivity contribution in [3.63, 3.8) is 0 Å². The Kier molecular flexibility index (Phi) is 4.57. The highest BCUT2D eigenvalue weighted by Crippen LogP contribution is 2.19. The first-order valence-electron chi connectivity index (χ1n) is 5.38. The van der Waals surface area contributed by atoms with E-state index in [1.807, 2.05) is 6.07 Å². The Hall–Kier alpha value is -1.49. The molecular formula is C12H16F2N2O. The normalized spacial score (nSPS) is 13.2. The second-order valence-corrected chi connectivity index (χ2v) is 4.07. The Morgan fingerprint density at radius 1 is 1.41 bits per heavy atom. The van der Waals surface area contributed by atoms with Gasteiger partial charge in [0.05, 0.1) is 6.04 Å². The Morgan fingerprint density at radius 3 is 2.53 bits per heavy atom. The number of rotatable bonds is 5. The molecule has 1 aromatic rings. The molecule has 0 saturated heterocycles. The number of hydrogen-bond acceptors (Lipinski definition) is 2. The predicted octanol–water partition coefficient (Wildman–Crippen LogP) is 2.39. The van der Waals surface area contributed by atoms with Gasteiger partial charge in [-0.15, -0.1) is 0 Å². The molecule has 0 aliphatic heterocycles. The van der Waals surface area contributed by atoms with Crippen LogP contribution in [0.1, 0.15) is 19.8 Å². The summed E-state index contributed by atoms with van der Waals surface area (Å²) >= 11 is 0. The van der Waals surface area contributed by atoms with Crippen molar-refractivity contribution in [1.82, 2.24) is 0 Å². The van der Waals surface area contributed by atoms with Gasteiger partial charge < -0.3 is 11.1 Å². The monoisotopic (exact) mass is 242 g/mol. The maximum Gasteiger partial charge on any atom is 0.245 e. The summed E-state index contributed by atoms with van der Waals surface area (Å²) in [4.78, 5) is 11.5. The number of nitrogens with one attached hydrogen (secondary N) is 1. The van der Waals surface area contributed by atoms with Crippen LogP contribution in [0.3, 0.4) is 0 Å². The topological polar surface area (TPSA) is 55.1 Å². The average Bonchev–Trinajstić information content (AvgIpc) is 2.26. The van der Waals surface area contributed by atoms with Crippen LogP contribution in [-0.2, 0) is 4.79 Å². The molecule has 17 heavy (non-hydrogen) atoms. The maximum absolute atomic E-state index is 12.6. The van der Waals surface area contributed by atoms with Crippen LogP contribution >= 0.6 is 0 Å². The van der Waals surface area contributed by atoms with Crippen molar-refractivity contribution in [2.75, 3.05) is 5.32 Å². The van der Waals surface area contributed by atoms with Gasteiger partial charge in [0, 0.05) is 12.1 Å². The summed E-state index contributed by atoms with van der Waals surface area (Å²) in [5.74, 6) is -3.23. The Labute approximate surface area is 99.0 Å². The molecular weight excluding hydrogens is 226 g/mol. The van der Waals surface area contributed by atoms with Crippen LogP contribution in [0, 0.1) is 0 Å². The van der Waals surface area contributed by atoms with E-state index < -0.39 is 24.3 Å². The summed E-state index contributed by atoms with van der Waals surface area (Å²) in [6, 6.07) is 7.84. The van der Waals surface area contributed by atoms with Crippen molar-refractivity contribution in [3.05, 3.63) is 30.3 Å². The molecule has 0 bridgehead atoms. The van der Waals surface area contributed by atoms with Gasteiger partial charge in [0.2, 0.25) is 11.8 Å². The van der Waals surface area contributed by atoms with Crippen LogP contribution in [0.25, 0.3) is 0 Å². The van der Waals surface area contributed by atoms with Gasteiger partial charge >= 0.3 is 0 Å². The molecule has 0 aliphatic carbocycles. The second-order valence-electron chi connectivity index (χ2n) is 4.07. The summed E-state index contributed by atoms with van der Waals surface area (Å²) < 4.78 is 25.2. The molecule has 1 amide bonds. The number of alkyl halides is 2. The van der Waals surface area contributed by atoms with Crippen LogP contribution in [-0.4, -0.2) is 17.9 Å². The smallest absolute Gasteiger partial charge is 0.245 e. The third-order valence-corrected chi connectivity index (χ3v) is 2.27. The van der Waals surface area contributed by atoms with Crippen molar-refractivity contribution in [1.29, 1.82) is 0 Å². The fourth-order valence-electron chi connectivity index (χ4n) is 1.30. The molecule has 1 aromatic carbocycles. The van der Waals surface area contributed by atoms with Crippen LogP contribution in [0.5, 0.6) is 0 Å². The predicted molar refractivity (Wildman–Crippen MR) is 62.9 cm³/mol. The van der Waals surface area contributed by atoms with E-state index >= 15 is 0 Å². The van der Waals surface area contributed by atoms with Crippen LogP contribution < -0.4 is 11.1 Å². The standard InChI is InChI=1S/C12H16F2N2O/c1-12(13,14)8-7-10(15)11(17)16-9-5-3-2-4-6-9/h2-6,10H,7-8,15H2,1H3,(H,16,17)/t10-/m1/s1. The number of para-hydroxylation sites is 1. The summed E-state index contributed by atoms with van der Waals surface area (Å²) in [6.45, 7) is 0.814. The van der Waals surface area contributed by atoms with Gasteiger partial charge in [0.25, 0.3) is 0 Å². The molecule has 0 aromatic heterocycles. The first-order chi connectivity index (χ1) is 7.88. The summed E-state index contributed by atoms with van der Waals surface area (Å²) in [6.07, 6.45) is -0.432. The minimum Gasteiger partial charge on any atom is -0.325 e. The molecule has 0 aliphatic rings. The molecule has 0 fully saturated rings. The first-order valence-corrected chi connectivity index (χ1v) is 5.38. The molecule has 1 rings (SSSR count). The number of benzene rings is 1. The van der Waals surface area contributed by atoms with Crippen LogP contribution in [0.2, 0.25) is 0 Å². The lowest BCUT2D eigenvalue weighted by atomic mass is 10.1. The molecule has 0 heterocycles. The first kappa shape index (κ1) is 13.6. The lowest BCUT2D eigenvalue weighted by Gasteiger charge is -2.15. The largest absolute Gasteiger partial charge is 0.325 e. The van der Waals surface area contributed by atoms with E-state index in [1.165, 1.54) is 0 Å². The highest BCUT2D eigenvalue weighted by atomic mass is 19.3. The third-order valence-electron chi connectivity index (χ3n) is 2.27. The molecule has 0 spiro atoms. The lowest BCUT2D eigenvalue weighted by Crippen LogP contribution is -2.36. The number of amides is 1. The fraction of sp³-hybridized carbons (Fsp3) is 0.417. The van der Waals surface area contributed by atoms with E-state index in [-0.39, 0.29) is 6.42 Å². The van der Waals surface area contributed by atoms with Crippen molar-refractivity contribution in [3.8, 4) is 0 Å². The number of carbonyl (C=O) groups excluding carboxylic acids is 1. The minimum atomic E-state index is -2.79. The van der Waals surface area contributed by atoms with E-state index in [2.05, 4.69) is 5.32 Å². The fourth-order valence-corrected chi connectivity index (χ4v) is 1.30. The quantitative estimate of drug-likeness (QED) is 0.833. The summed E-state index contributed by atoms with van der Waals surface area (Å²) in [7, 11) is 0. The number of carbonyl (C=O) groups is 1. The van der Waals surface area contributed by atoms with Crippen molar-refractivity contribution >= 4 is 11.6 Å². The van der Waals surface area contributed by atoms with E-state index in [9.17, 15) is 13.6 Å². The number of anilines is 1. The molecule has 0 saturated carbocycles. The number of hydrogen-bond donors (Lipinski definition) is 2. The highest BCUT2D eigenvalue weighted by molar-refractivity contribution is 5.94. The van der Waals surface area contributed by atoms with E-state index in [4.69, 9.17) is 5.73 Å². The van der Waals surface area contributed by atoms with Gasteiger partial charge in [0.15, 0.2) is 0 Å². The average molecular weight is 242 g/mol. The molecule has 0 unspecified atom stereocenters. The Morgan fingerprint density at radius 2 is 2.00 bits per heavy atom. The van der Waals surface area contributed by atoms with Gasteiger partial charge in [-0.25, -0.2) is 8.78 Å². The molecule has 1 atom stereocenters. The molecule has 94 valence electrons. The van der Waals surface area contributed by atoms with Crippen molar-refractivity contribution < 1.29 is 13.6 Å². The summed E-state index contributed by atoms with van der Waals surface area (Å²) in [5, 5.41) is 2.57. The molecule has 0 radical (unpaired) electrons. The van der Waals surface area contributed by atoms with E-state index in [1.54, 1.807) is 24.3 Å². The Bertz CT molecular complexity index is 363. The van der Waals surface area contributed by atoms with Gasteiger partial charge in [-0.2, -0.15) is 0 Å². The van der Waals surface area contributed by atoms with E-state index in [0.29, 0.717) is 5.69 Å². The zero-order valence-electron chi connectivity index (χ0n) is 9.62. The lowest BCUT2D eigenvalue weighted by molar-refractivity contribution is -0.117. The molecule has 5 heteroatoms. The van der Waals surface area contributed by atoms with Gasteiger partial charge in [-0.05, 0) is 25.5 Å². The van der Waals surface area contributed by atoms with Gasteiger partial charge in [-0.1, -0.05) is 18.2 Å². The SMILES string of the molecule is CC(F)(F)CC[C@@H](N)C(=O)Nc1ccccc1. The zero-order valence-corrected chi connectivity index (χ0v) is 9.62. The second kappa shape index (κ2) is 5.72. The zero-order chi connectivity index (χ0) is 12.9. The highest BCUT2D eigenvalue weighted by Gasteiger charge is 2.24. The van der Waals surface area contributed by atoms with Crippen molar-refractivity contribution in [2.24, 2.45) is 5.73 Å². The number of nitrogens with two attached hydrogens (primary N) is 1.